The lowest BCUT2D eigenvalue weighted by molar-refractivity contribution is -0.137. The number of hydrogen-bond acceptors (Lipinski definition) is 2. The Morgan fingerprint density at radius 2 is 1.89 bits per heavy atom. The van der Waals surface area contributed by atoms with Crippen LogP contribution >= 0.6 is 0 Å². The van der Waals surface area contributed by atoms with E-state index in [1.807, 2.05) is 6.92 Å². The van der Waals surface area contributed by atoms with Crippen LogP contribution in [0.25, 0.3) is 0 Å². The molecule has 0 atom stereocenters. The maximum atomic E-state index is 12.5. The summed E-state index contributed by atoms with van der Waals surface area (Å²) in [5.74, 6) is -0.381. The molecule has 3 nitrogen and oxygen atoms in total. The Balaban J connectivity index is 2.86. The Labute approximate surface area is 110 Å². The minimum absolute atomic E-state index is 0.130. The number of hydrogen-bond donors (Lipinski definition) is 2. The van der Waals surface area contributed by atoms with Crippen molar-refractivity contribution in [3.63, 3.8) is 0 Å². The molecule has 0 heterocycles. The molecule has 0 unspecified atom stereocenters. The lowest BCUT2D eigenvalue weighted by atomic mass is 10.0. The van der Waals surface area contributed by atoms with Crippen molar-refractivity contribution in [1.82, 2.24) is 5.32 Å². The maximum absolute atomic E-state index is 12.5. The molecule has 0 aromatic heterocycles. The molecule has 1 amide bonds. The fraction of sp³-hybridized carbons (Fsp3) is 0.462. The first-order chi connectivity index (χ1) is 8.66. The van der Waals surface area contributed by atoms with Gasteiger partial charge in [0.25, 0.3) is 0 Å². The number of likely N-dealkylation sites (N-methyl/N-ethyl adjacent to an activating group) is 1. The zero-order valence-corrected chi connectivity index (χ0v) is 11.1. The molecule has 0 radical (unpaired) electrons. The third kappa shape index (κ3) is 4.24. The van der Waals surface area contributed by atoms with E-state index in [1.54, 1.807) is 13.8 Å². The van der Waals surface area contributed by atoms with Gasteiger partial charge in [0, 0.05) is 5.69 Å². The average molecular weight is 274 g/mol. The number of rotatable bonds is 4. The third-order valence-corrected chi connectivity index (χ3v) is 2.63. The fourth-order valence-corrected chi connectivity index (χ4v) is 1.58. The molecule has 1 aromatic rings. The minimum Gasteiger partial charge on any atom is -0.324 e. The molecule has 0 saturated heterocycles. The summed E-state index contributed by atoms with van der Waals surface area (Å²) in [6, 6.07) is 4.57. The highest BCUT2D eigenvalue weighted by Gasteiger charge is 2.31. The monoisotopic (exact) mass is 274 g/mol. The molecular formula is C13H17F3N2O. The van der Waals surface area contributed by atoms with Crippen molar-refractivity contribution in [3.8, 4) is 0 Å². The van der Waals surface area contributed by atoms with Gasteiger partial charge in [0.05, 0.1) is 11.1 Å². The average Bonchev–Trinajstić information content (AvgIpc) is 2.28. The Hall–Kier alpha value is -1.56. The van der Waals surface area contributed by atoms with Crippen LogP contribution in [0.15, 0.2) is 24.3 Å². The van der Waals surface area contributed by atoms with Gasteiger partial charge in [-0.05, 0) is 38.6 Å². The van der Waals surface area contributed by atoms with Crippen LogP contribution in [0.5, 0.6) is 0 Å². The SMILES string of the molecule is CCNC(C)(C)C(=O)Nc1cccc(C(F)(F)F)c1. The molecule has 0 aliphatic carbocycles. The van der Waals surface area contributed by atoms with Gasteiger partial charge < -0.3 is 10.6 Å². The van der Waals surface area contributed by atoms with Crippen molar-refractivity contribution in [2.45, 2.75) is 32.5 Å². The van der Waals surface area contributed by atoms with Gasteiger partial charge in [-0.15, -0.1) is 0 Å². The van der Waals surface area contributed by atoms with Crippen molar-refractivity contribution < 1.29 is 18.0 Å². The summed E-state index contributed by atoms with van der Waals surface area (Å²) in [7, 11) is 0. The molecule has 0 aliphatic heterocycles. The molecule has 0 spiro atoms. The Bertz CT molecular complexity index is 455. The first-order valence-corrected chi connectivity index (χ1v) is 5.90. The lowest BCUT2D eigenvalue weighted by Crippen LogP contribution is -2.49. The van der Waals surface area contributed by atoms with Crippen LogP contribution in [0.3, 0.4) is 0 Å². The third-order valence-electron chi connectivity index (χ3n) is 2.63. The number of anilines is 1. The number of nitrogens with one attached hydrogen (secondary N) is 2. The molecule has 6 heteroatoms. The summed E-state index contributed by atoms with van der Waals surface area (Å²) in [6.45, 7) is 5.77. The van der Waals surface area contributed by atoms with E-state index in [9.17, 15) is 18.0 Å². The summed E-state index contributed by atoms with van der Waals surface area (Å²) in [6.07, 6.45) is -4.42. The summed E-state index contributed by atoms with van der Waals surface area (Å²) in [5.41, 5.74) is -1.50. The zero-order chi connectivity index (χ0) is 14.7. The molecule has 0 fully saturated rings. The van der Waals surface area contributed by atoms with Crippen molar-refractivity contribution in [2.24, 2.45) is 0 Å². The van der Waals surface area contributed by atoms with E-state index in [1.165, 1.54) is 12.1 Å². The van der Waals surface area contributed by atoms with Gasteiger partial charge in [0.2, 0.25) is 5.91 Å². The van der Waals surface area contributed by atoms with E-state index >= 15 is 0 Å². The largest absolute Gasteiger partial charge is 0.416 e. The van der Waals surface area contributed by atoms with Gasteiger partial charge in [0.15, 0.2) is 0 Å². The second-order valence-electron chi connectivity index (χ2n) is 4.69. The molecule has 0 bridgehead atoms. The predicted octanol–water partition coefficient (Wildman–Crippen LogP) is 3.03. The Kier molecular flexibility index (Phi) is 4.57. The maximum Gasteiger partial charge on any atom is 0.416 e. The van der Waals surface area contributed by atoms with Crippen molar-refractivity contribution in [3.05, 3.63) is 29.8 Å². The molecule has 106 valence electrons. The quantitative estimate of drug-likeness (QED) is 0.886. The van der Waals surface area contributed by atoms with Gasteiger partial charge in [-0.25, -0.2) is 0 Å². The fourth-order valence-electron chi connectivity index (χ4n) is 1.58. The number of carbonyl (C=O) groups is 1. The zero-order valence-electron chi connectivity index (χ0n) is 11.1. The van der Waals surface area contributed by atoms with E-state index in [4.69, 9.17) is 0 Å². The van der Waals surface area contributed by atoms with E-state index < -0.39 is 17.3 Å². The Morgan fingerprint density at radius 1 is 1.26 bits per heavy atom. The highest BCUT2D eigenvalue weighted by atomic mass is 19.4. The minimum atomic E-state index is -4.42. The van der Waals surface area contributed by atoms with Crippen molar-refractivity contribution in [1.29, 1.82) is 0 Å². The lowest BCUT2D eigenvalue weighted by Gasteiger charge is -2.24. The van der Waals surface area contributed by atoms with Crippen molar-refractivity contribution in [2.75, 3.05) is 11.9 Å². The normalized spacial score (nSPS) is 12.3. The van der Waals surface area contributed by atoms with Crippen molar-refractivity contribution >= 4 is 11.6 Å². The molecule has 2 N–H and O–H groups in total. The van der Waals surface area contributed by atoms with Crippen LogP contribution in [-0.2, 0) is 11.0 Å². The van der Waals surface area contributed by atoms with E-state index in [-0.39, 0.29) is 11.6 Å². The van der Waals surface area contributed by atoms with Crippen LogP contribution in [0.2, 0.25) is 0 Å². The number of carbonyl (C=O) groups excluding carboxylic acids is 1. The summed E-state index contributed by atoms with van der Waals surface area (Å²) in [4.78, 5) is 11.9. The molecule has 0 saturated carbocycles. The summed E-state index contributed by atoms with van der Waals surface area (Å²) in [5, 5.41) is 5.43. The number of amides is 1. The summed E-state index contributed by atoms with van der Waals surface area (Å²) >= 11 is 0. The smallest absolute Gasteiger partial charge is 0.324 e. The van der Waals surface area contributed by atoms with E-state index in [0.29, 0.717) is 6.54 Å². The van der Waals surface area contributed by atoms with Gasteiger partial charge in [-0.3, -0.25) is 4.79 Å². The second kappa shape index (κ2) is 5.61. The topological polar surface area (TPSA) is 41.1 Å². The number of alkyl halides is 3. The van der Waals surface area contributed by atoms with Crippen LogP contribution in [0.1, 0.15) is 26.3 Å². The van der Waals surface area contributed by atoms with Crippen LogP contribution in [0, 0.1) is 0 Å². The highest BCUT2D eigenvalue weighted by Crippen LogP contribution is 2.30. The Morgan fingerprint density at radius 3 is 2.42 bits per heavy atom. The van der Waals surface area contributed by atoms with Gasteiger partial charge in [0.1, 0.15) is 0 Å². The molecule has 0 aliphatic rings. The van der Waals surface area contributed by atoms with E-state index in [2.05, 4.69) is 10.6 Å². The first-order valence-electron chi connectivity index (χ1n) is 5.90. The summed E-state index contributed by atoms with van der Waals surface area (Å²) < 4.78 is 37.6. The predicted molar refractivity (Wildman–Crippen MR) is 67.8 cm³/mol. The molecule has 1 rings (SSSR count). The van der Waals surface area contributed by atoms with E-state index in [0.717, 1.165) is 12.1 Å². The number of halogens is 3. The molecular weight excluding hydrogens is 257 g/mol. The van der Waals surface area contributed by atoms with Crippen LogP contribution in [-0.4, -0.2) is 18.0 Å². The molecule has 19 heavy (non-hydrogen) atoms. The highest BCUT2D eigenvalue weighted by molar-refractivity contribution is 5.97. The number of benzene rings is 1. The van der Waals surface area contributed by atoms with Gasteiger partial charge in [-0.1, -0.05) is 13.0 Å². The second-order valence-corrected chi connectivity index (χ2v) is 4.69. The van der Waals surface area contributed by atoms with Crippen LogP contribution in [0.4, 0.5) is 18.9 Å². The first kappa shape index (κ1) is 15.5. The molecule has 1 aromatic carbocycles. The van der Waals surface area contributed by atoms with Gasteiger partial charge >= 0.3 is 6.18 Å². The van der Waals surface area contributed by atoms with Gasteiger partial charge in [-0.2, -0.15) is 13.2 Å². The van der Waals surface area contributed by atoms with Crippen LogP contribution < -0.4 is 10.6 Å². The standard InChI is InChI=1S/C13H17F3N2O/c1-4-17-12(2,3)11(19)18-10-7-5-6-9(8-10)13(14,15)16/h5-8,17H,4H2,1-3H3,(H,18,19).